The first-order valence-electron chi connectivity index (χ1n) is 6.41. The molecule has 0 amide bonds. The van der Waals surface area contributed by atoms with Gasteiger partial charge in [0.2, 0.25) is 0 Å². The Morgan fingerprint density at radius 1 is 1.00 bits per heavy atom. The van der Waals surface area contributed by atoms with Crippen molar-refractivity contribution in [2.45, 2.75) is 19.0 Å². The van der Waals surface area contributed by atoms with Gasteiger partial charge in [0.1, 0.15) is 0 Å². The molecule has 0 aromatic heterocycles. The summed E-state index contributed by atoms with van der Waals surface area (Å²) in [5.41, 5.74) is 2.27. The predicted molar refractivity (Wildman–Crippen MR) is 79.3 cm³/mol. The number of nitrogens with one attached hydrogen (secondary N) is 1. The van der Waals surface area contributed by atoms with Crippen molar-refractivity contribution in [1.82, 2.24) is 5.32 Å². The van der Waals surface area contributed by atoms with Crippen LogP contribution in [0.15, 0.2) is 54.6 Å². The Labute approximate surface area is 119 Å². The van der Waals surface area contributed by atoms with Crippen LogP contribution in [0.5, 0.6) is 0 Å². The minimum atomic E-state index is 0.0404. The highest BCUT2D eigenvalue weighted by molar-refractivity contribution is 6.31. The van der Waals surface area contributed by atoms with Crippen molar-refractivity contribution in [3.8, 4) is 0 Å². The molecule has 19 heavy (non-hydrogen) atoms. The van der Waals surface area contributed by atoms with E-state index in [1.165, 1.54) is 5.56 Å². The van der Waals surface area contributed by atoms with Gasteiger partial charge in [0, 0.05) is 17.6 Å². The summed E-state index contributed by atoms with van der Waals surface area (Å²) in [5.74, 6) is 0. The summed E-state index contributed by atoms with van der Waals surface area (Å²) in [6.07, 6.45) is 0.807. The molecule has 2 nitrogen and oxygen atoms in total. The van der Waals surface area contributed by atoms with Crippen LogP contribution in [0.1, 0.15) is 11.1 Å². The third-order valence-corrected chi connectivity index (χ3v) is 3.45. The monoisotopic (exact) mass is 275 g/mol. The number of hydrogen-bond acceptors (Lipinski definition) is 2. The van der Waals surface area contributed by atoms with Crippen LogP contribution < -0.4 is 5.32 Å². The van der Waals surface area contributed by atoms with Gasteiger partial charge in [0.05, 0.1) is 6.61 Å². The van der Waals surface area contributed by atoms with E-state index >= 15 is 0 Å². The van der Waals surface area contributed by atoms with Gasteiger partial charge in [-0.2, -0.15) is 0 Å². The summed E-state index contributed by atoms with van der Waals surface area (Å²) in [5, 5.41) is 13.5. The summed E-state index contributed by atoms with van der Waals surface area (Å²) < 4.78 is 0. The third-order valence-electron chi connectivity index (χ3n) is 3.08. The summed E-state index contributed by atoms with van der Waals surface area (Å²) >= 11 is 6.11. The minimum absolute atomic E-state index is 0.0404. The molecule has 0 radical (unpaired) electrons. The Kier molecular flexibility index (Phi) is 5.40. The highest BCUT2D eigenvalue weighted by Crippen LogP contribution is 2.14. The smallest absolute Gasteiger partial charge is 0.0587 e. The first-order chi connectivity index (χ1) is 9.29. The van der Waals surface area contributed by atoms with Gasteiger partial charge in [-0.15, -0.1) is 0 Å². The van der Waals surface area contributed by atoms with E-state index in [4.69, 9.17) is 11.6 Å². The normalized spacial score (nSPS) is 12.3. The maximum atomic E-state index is 9.44. The molecule has 100 valence electrons. The molecule has 0 aliphatic carbocycles. The van der Waals surface area contributed by atoms with Gasteiger partial charge in [0.15, 0.2) is 0 Å². The molecule has 1 atom stereocenters. The Balaban J connectivity index is 1.91. The molecule has 2 aromatic carbocycles. The molecule has 0 unspecified atom stereocenters. The number of halogens is 1. The average molecular weight is 276 g/mol. The van der Waals surface area contributed by atoms with Crippen LogP contribution in [0.3, 0.4) is 0 Å². The van der Waals surface area contributed by atoms with E-state index in [0.29, 0.717) is 6.54 Å². The van der Waals surface area contributed by atoms with Crippen molar-refractivity contribution in [2.24, 2.45) is 0 Å². The summed E-state index contributed by atoms with van der Waals surface area (Å²) in [7, 11) is 0. The largest absolute Gasteiger partial charge is 0.395 e. The summed E-state index contributed by atoms with van der Waals surface area (Å²) in [6.45, 7) is 0.775. The Hall–Kier alpha value is -1.35. The molecule has 0 spiro atoms. The lowest BCUT2D eigenvalue weighted by atomic mass is 10.1. The molecule has 0 fully saturated rings. The topological polar surface area (TPSA) is 32.3 Å². The van der Waals surface area contributed by atoms with Crippen LogP contribution in [0, 0.1) is 0 Å². The molecule has 3 heteroatoms. The van der Waals surface area contributed by atoms with E-state index in [-0.39, 0.29) is 12.6 Å². The molecule has 0 aliphatic rings. The van der Waals surface area contributed by atoms with Gasteiger partial charge in [-0.3, -0.25) is 0 Å². The van der Waals surface area contributed by atoms with Crippen molar-refractivity contribution in [1.29, 1.82) is 0 Å². The van der Waals surface area contributed by atoms with Crippen LogP contribution in [-0.4, -0.2) is 17.8 Å². The molecule has 0 heterocycles. The van der Waals surface area contributed by atoms with Gasteiger partial charge < -0.3 is 10.4 Å². The van der Waals surface area contributed by atoms with Crippen molar-refractivity contribution in [2.75, 3.05) is 6.61 Å². The van der Waals surface area contributed by atoms with Crippen molar-refractivity contribution >= 4 is 11.6 Å². The quantitative estimate of drug-likeness (QED) is 0.849. The van der Waals surface area contributed by atoms with Crippen molar-refractivity contribution < 1.29 is 5.11 Å². The van der Waals surface area contributed by atoms with E-state index in [2.05, 4.69) is 17.4 Å². The lowest BCUT2D eigenvalue weighted by Crippen LogP contribution is -2.34. The lowest BCUT2D eigenvalue weighted by molar-refractivity contribution is 0.241. The van der Waals surface area contributed by atoms with Gasteiger partial charge in [-0.1, -0.05) is 60.1 Å². The summed E-state index contributed by atoms with van der Waals surface area (Å²) in [4.78, 5) is 0. The van der Waals surface area contributed by atoms with Gasteiger partial charge in [-0.05, 0) is 23.6 Å². The molecule has 0 saturated carbocycles. The first kappa shape index (κ1) is 14.1. The minimum Gasteiger partial charge on any atom is -0.395 e. The third kappa shape index (κ3) is 4.35. The second-order valence-electron chi connectivity index (χ2n) is 4.54. The second-order valence-corrected chi connectivity index (χ2v) is 4.95. The number of aliphatic hydroxyl groups is 1. The number of benzene rings is 2. The number of rotatable bonds is 6. The lowest BCUT2D eigenvalue weighted by Gasteiger charge is -2.17. The Morgan fingerprint density at radius 3 is 2.37 bits per heavy atom. The highest BCUT2D eigenvalue weighted by Gasteiger charge is 2.08. The zero-order chi connectivity index (χ0) is 13.5. The number of hydrogen-bond donors (Lipinski definition) is 2. The first-order valence-corrected chi connectivity index (χ1v) is 6.79. The zero-order valence-corrected chi connectivity index (χ0v) is 11.5. The van der Waals surface area contributed by atoms with Crippen LogP contribution in [0.4, 0.5) is 0 Å². The van der Waals surface area contributed by atoms with Crippen LogP contribution in [0.25, 0.3) is 0 Å². The van der Waals surface area contributed by atoms with Crippen LogP contribution in [-0.2, 0) is 13.0 Å². The molecule has 2 aromatic rings. The fourth-order valence-corrected chi connectivity index (χ4v) is 2.20. The zero-order valence-electron chi connectivity index (χ0n) is 10.7. The maximum absolute atomic E-state index is 9.44. The molecule has 2 rings (SSSR count). The van der Waals surface area contributed by atoms with Gasteiger partial charge in [-0.25, -0.2) is 0 Å². The van der Waals surface area contributed by atoms with Crippen LogP contribution >= 0.6 is 11.6 Å². The number of aliphatic hydroxyl groups excluding tert-OH is 1. The van der Waals surface area contributed by atoms with Crippen LogP contribution in [0.2, 0.25) is 5.02 Å². The second kappa shape index (κ2) is 7.29. The molecular formula is C16H18ClNO. The molecule has 2 N–H and O–H groups in total. The fraction of sp³-hybridized carbons (Fsp3) is 0.250. The predicted octanol–water partition coefficient (Wildman–Crippen LogP) is 3.03. The maximum Gasteiger partial charge on any atom is 0.0587 e. The molecule has 0 saturated heterocycles. The molecule has 0 bridgehead atoms. The van der Waals surface area contributed by atoms with Gasteiger partial charge >= 0.3 is 0 Å². The van der Waals surface area contributed by atoms with E-state index in [9.17, 15) is 5.11 Å². The van der Waals surface area contributed by atoms with E-state index < -0.39 is 0 Å². The Bertz CT molecular complexity index is 501. The standard InChI is InChI=1S/C16H18ClNO/c17-16-9-5-4-8-14(16)11-18-15(12-19)10-13-6-2-1-3-7-13/h1-9,15,18-19H,10-12H2/t15-/m1/s1. The van der Waals surface area contributed by atoms with Gasteiger partial charge in [0.25, 0.3) is 0 Å². The summed E-state index contributed by atoms with van der Waals surface area (Å²) in [6, 6.07) is 18.0. The van der Waals surface area contributed by atoms with E-state index in [0.717, 1.165) is 17.0 Å². The Morgan fingerprint density at radius 2 is 1.68 bits per heavy atom. The molecular weight excluding hydrogens is 258 g/mol. The van der Waals surface area contributed by atoms with E-state index in [1.54, 1.807) is 0 Å². The SMILES string of the molecule is OC[C@@H](Cc1ccccc1)NCc1ccccc1Cl. The average Bonchev–Trinajstić information content (AvgIpc) is 2.46. The fourth-order valence-electron chi connectivity index (χ4n) is 2.00. The molecule has 0 aliphatic heterocycles. The van der Waals surface area contributed by atoms with Crippen molar-refractivity contribution in [3.05, 3.63) is 70.7 Å². The van der Waals surface area contributed by atoms with E-state index in [1.807, 2.05) is 42.5 Å². The highest BCUT2D eigenvalue weighted by atomic mass is 35.5. The van der Waals surface area contributed by atoms with Crippen molar-refractivity contribution in [3.63, 3.8) is 0 Å².